The summed E-state index contributed by atoms with van der Waals surface area (Å²) in [6.45, 7) is 1.73. The Bertz CT molecular complexity index is 318. The van der Waals surface area contributed by atoms with Gasteiger partial charge in [0.25, 0.3) is 0 Å². The largest absolute Gasteiger partial charge is 0.441 e. The lowest BCUT2D eigenvalue weighted by Gasteiger charge is -2.39. The number of hydrogen-bond donors (Lipinski definition) is 2. The monoisotopic (exact) mass is 317 g/mol. The summed E-state index contributed by atoms with van der Waals surface area (Å²) in [5.41, 5.74) is 1.54. The van der Waals surface area contributed by atoms with Crippen molar-refractivity contribution in [3.63, 3.8) is 0 Å². The molecule has 1 rings (SSSR count). The summed E-state index contributed by atoms with van der Waals surface area (Å²) in [4.78, 5) is 1.98. The Kier molecular flexibility index (Phi) is 6.13. The maximum Gasteiger partial charge on any atom is 0.441 e. The van der Waals surface area contributed by atoms with Gasteiger partial charge in [0.2, 0.25) is 0 Å². The highest BCUT2D eigenvalue weighted by atomic mass is 32.2. The van der Waals surface area contributed by atoms with E-state index in [4.69, 9.17) is 10.9 Å². The zero-order valence-corrected chi connectivity index (χ0v) is 12.2. The molecule has 1 fully saturated rings. The SMILES string of the molecule is CSC1(C(N)=NO)CCN(CCSC(F)(F)F)CC1. The standard InChI is InChI=1S/C10H18F3N3OS2/c1-18-9(8(14)15-17)2-4-16(5-3-9)6-7-19-10(11,12)13/h17H,2-7H2,1H3,(H2,14,15). The van der Waals surface area contributed by atoms with Gasteiger partial charge >= 0.3 is 5.51 Å². The molecule has 1 aliphatic heterocycles. The van der Waals surface area contributed by atoms with Gasteiger partial charge in [-0.15, -0.1) is 0 Å². The molecule has 1 saturated heterocycles. The number of rotatable bonds is 5. The van der Waals surface area contributed by atoms with Crippen molar-refractivity contribution in [3.8, 4) is 0 Å². The first-order valence-corrected chi connectivity index (χ1v) is 8.00. The highest BCUT2D eigenvalue weighted by Crippen LogP contribution is 2.35. The zero-order valence-electron chi connectivity index (χ0n) is 10.6. The molecule has 0 aromatic heterocycles. The van der Waals surface area contributed by atoms with Gasteiger partial charge in [-0.05, 0) is 43.9 Å². The van der Waals surface area contributed by atoms with Crippen LogP contribution in [-0.2, 0) is 0 Å². The summed E-state index contributed by atoms with van der Waals surface area (Å²) in [5, 5.41) is 11.9. The molecule has 3 N–H and O–H groups in total. The molecule has 0 bridgehead atoms. The van der Waals surface area contributed by atoms with E-state index in [1.165, 1.54) is 11.8 Å². The molecule has 19 heavy (non-hydrogen) atoms. The van der Waals surface area contributed by atoms with Crippen LogP contribution < -0.4 is 5.73 Å². The second kappa shape index (κ2) is 6.94. The fourth-order valence-corrected chi connectivity index (χ4v) is 3.51. The number of nitrogens with zero attached hydrogens (tertiary/aromatic N) is 2. The minimum Gasteiger partial charge on any atom is -0.409 e. The summed E-state index contributed by atoms with van der Waals surface area (Å²) < 4.78 is 35.7. The predicted molar refractivity (Wildman–Crippen MR) is 73.8 cm³/mol. The second-order valence-corrected chi connectivity index (χ2v) is 6.67. The van der Waals surface area contributed by atoms with Crippen LogP contribution in [0.5, 0.6) is 0 Å². The van der Waals surface area contributed by atoms with E-state index in [0.29, 0.717) is 32.5 Å². The van der Waals surface area contributed by atoms with Crippen LogP contribution in [0, 0.1) is 0 Å². The zero-order chi connectivity index (χ0) is 14.5. The summed E-state index contributed by atoms with van der Waals surface area (Å²) in [6.07, 6.45) is 3.26. The number of hydrogen-bond acceptors (Lipinski definition) is 5. The molecule has 0 spiro atoms. The lowest BCUT2D eigenvalue weighted by Crippen LogP contribution is -2.50. The molecule has 1 heterocycles. The molecular weight excluding hydrogens is 299 g/mol. The fourth-order valence-electron chi connectivity index (χ4n) is 2.08. The van der Waals surface area contributed by atoms with Crippen LogP contribution in [0.1, 0.15) is 12.8 Å². The van der Waals surface area contributed by atoms with Gasteiger partial charge in [0.15, 0.2) is 5.84 Å². The molecular formula is C10H18F3N3OS2. The maximum atomic E-state index is 12.0. The Hall–Kier alpha value is -0.280. The molecule has 0 aromatic rings. The van der Waals surface area contributed by atoms with Crippen molar-refractivity contribution in [2.45, 2.75) is 23.1 Å². The highest BCUT2D eigenvalue weighted by Gasteiger charge is 2.38. The van der Waals surface area contributed by atoms with E-state index in [0.717, 1.165) is 0 Å². The minimum atomic E-state index is -4.16. The molecule has 0 unspecified atom stereocenters. The fraction of sp³-hybridized carbons (Fsp3) is 0.900. The van der Waals surface area contributed by atoms with Gasteiger partial charge in [0.1, 0.15) is 0 Å². The average Bonchev–Trinajstić information content (AvgIpc) is 2.37. The van der Waals surface area contributed by atoms with Crippen molar-refractivity contribution in [1.29, 1.82) is 0 Å². The van der Waals surface area contributed by atoms with E-state index >= 15 is 0 Å². The van der Waals surface area contributed by atoms with E-state index in [1.807, 2.05) is 11.2 Å². The van der Waals surface area contributed by atoms with Crippen molar-refractivity contribution in [1.82, 2.24) is 4.90 Å². The van der Waals surface area contributed by atoms with E-state index in [9.17, 15) is 13.2 Å². The van der Waals surface area contributed by atoms with Gasteiger partial charge < -0.3 is 15.8 Å². The van der Waals surface area contributed by atoms with Gasteiger partial charge in [-0.3, -0.25) is 0 Å². The average molecular weight is 317 g/mol. The molecule has 0 aromatic carbocycles. The number of amidine groups is 1. The van der Waals surface area contributed by atoms with Crippen LogP contribution in [-0.4, -0.2) is 57.8 Å². The van der Waals surface area contributed by atoms with Crippen LogP contribution in [0.3, 0.4) is 0 Å². The Labute approximate surface area is 119 Å². The number of nitrogens with two attached hydrogens (primary N) is 1. The quantitative estimate of drug-likeness (QED) is 0.352. The second-order valence-electron chi connectivity index (χ2n) is 4.32. The molecule has 4 nitrogen and oxygen atoms in total. The molecule has 0 aliphatic carbocycles. The lowest BCUT2D eigenvalue weighted by atomic mass is 9.94. The lowest BCUT2D eigenvalue weighted by molar-refractivity contribution is -0.0329. The molecule has 0 saturated carbocycles. The molecule has 112 valence electrons. The summed E-state index contributed by atoms with van der Waals surface area (Å²) in [7, 11) is 0. The van der Waals surface area contributed by atoms with Crippen LogP contribution in [0.25, 0.3) is 0 Å². The first kappa shape index (κ1) is 16.8. The first-order chi connectivity index (χ1) is 8.83. The molecule has 0 atom stereocenters. The Balaban J connectivity index is 2.40. The third-order valence-electron chi connectivity index (χ3n) is 3.30. The topological polar surface area (TPSA) is 61.9 Å². The Morgan fingerprint density at radius 3 is 2.42 bits per heavy atom. The molecule has 0 amide bonds. The summed E-state index contributed by atoms with van der Waals surface area (Å²) >= 11 is 1.54. The van der Waals surface area contributed by atoms with Gasteiger partial charge in [-0.1, -0.05) is 5.16 Å². The van der Waals surface area contributed by atoms with E-state index in [-0.39, 0.29) is 28.1 Å². The summed E-state index contributed by atoms with van der Waals surface area (Å²) in [5.74, 6) is 0.239. The van der Waals surface area contributed by atoms with E-state index in [1.54, 1.807) is 0 Å². The number of thioether (sulfide) groups is 2. The van der Waals surface area contributed by atoms with Crippen LogP contribution in [0.15, 0.2) is 5.16 Å². The van der Waals surface area contributed by atoms with Crippen LogP contribution in [0.2, 0.25) is 0 Å². The third-order valence-corrected chi connectivity index (χ3v) is 5.42. The Morgan fingerprint density at radius 1 is 1.42 bits per heavy atom. The van der Waals surface area contributed by atoms with Crippen LogP contribution >= 0.6 is 23.5 Å². The van der Waals surface area contributed by atoms with Gasteiger partial charge in [-0.2, -0.15) is 24.9 Å². The van der Waals surface area contributed by atoms with Crippen molar-refractivity contribution < 1.29 is 18.4 Å². The number of oxime groups is 1. The highest BCUT2D eigenvalue weighted by molar-refractivity contribution is 8.00. The number of halogens is 3. The smallest absolute Gasteiger partial charge is 0.409 e. The third kappa shape index (κ3) is 4.96. The number of alkyl halides is 3. The normalized spacial score (nSPS) is 21.6. The van der Waals surface area contributed by atoms with E-state index < -0.39 is 5.51 Å². The predicted octanol–water partition coefficient (Wildman–Crippen LogP) is 2.18. The van der Waals surface area contributed by atoms with Gasteiger partial charge in [0.05, 0.1) is 4.75 Å². The van der Waals surface area contributed by atoms with Crippen molar-refractivity contribution in [2.75, 3.05) is 31.6 Å². The number of likely N-dealkylation sites (tertiary alicyclic amines) is 1. The minimum absolute atomic E-state index is 0.00838. The maximum absolute atomic E-state index is 12.0. The van der Waals surface area contributed by atoms with Crippen molar-refractivity contribution in [3.05, 3.63) is 0 Å². The van der Waals surface area contributed by atoms with Crippen molar-refractivity contribution in [2.24, 2.45) is 10.9 Å². The molecule has 1 aliphatic rings. The first-order valence-electron chi connectivity index (χ1n) is 5.79. The van der Waals surface area contributed by atoms with Gasteiger partial charge in [-0.25, -0.2) is 0 Å². The Morgan fingerprint density at radius 2 is 2.00 bits per heavy atom. The molecule has 0 radical (unpaired) electrons. The van der Waals surface area contributed by atoms with Gasteiger partial charge in [0, 0.05) is 12.3 Å². The van der Waals surface area contributed by atoms with E-state index in [2.05, 4.69) is 5.16 Å². The molecule has 9 heteroatoms. The van der Waals surface area contributed by atoms with Crippen molar-refractivity contribution >= 4 is 29.4 Å². The summed E-state index contributed by atoms with van der Waals surface area (Å²) in [6, 6.07) is 0. The number of piperidine rings is 1. The van der Waals surface area contributed by atoms with Crippen LogP contribution in [0.4, 0.5) is 13.2 Å².